The molecule has 2 amide bonds. The quantitative estimate of drug-likeness (QED) is 0.568. The van der Waals surface area contributed by atoms with Crippen LogP contribution in [0.25, 0.3) is 11.1 Å². The summed E-state index contributed by atoms with van der Waals surface area (Å²) in [7, 11) is 0. The molecule has 0 unspecified atom stereocenters. The highest BCUT2D eigenvalue weighted by Gasteiger charge is 2.48. The van der Waals surface area contributed by atoms with E-state index in [-0.39, 0.29) is 19.1 Å². The van der Waals surface area contributed by atoms with Gasteiger partial charge in [0.25, 0.3) is 0 Å². The van der Waals surface area contributed by atoms with Gasteiger partial charge in [0, 0.05) is 11.5 Å². The molecule has 2 atom stereocenters. The van der Waals surface area contributed by atoms with Crippen LogP contribution in [-0.4, -0.2) is 64.4 Å². The van der Waals surface area contributed by atoms with Crippen LogP contribution in [0.15, 0.2) is 48.5 Å². The third-order valence-electron chi connectivity index (χ3n) is 7.13. The van der Waals surface area contributed by atoms with Gasteiger partial charge in [-0.15, -0.1) is 0 Å². The van der Waals surface area contributed by atoms with E-state index >= 15 is 0 Å². The lowest BCUT2D eigenvalue weighted by Gasteiger charge is -2.37. The van der Waals surface area contributed by atoms with Gasteiger partial charge in [-0.3, -0.25) is 4.79 Å². The summed E-state index contributed by atoms with van der Waals surface area (Å²) in [5.41, 5.74) is 3.19. The molecule has 37 heavy (non-hydrogen) atoms. The lowest BCUT2D eigenvalue weighted by molar-refractivity contribution is -0.154. The minimum Gasteiger partial charge on any atom is -0.480 e. The third kappa shape index (κ3) is 5.64. The van der Waals surface area contributed by atoms with Crippen molar-refractivity contribution in [2.24, 2.45) is 0 Å². The minimum atomic E-state index is -1.09. The monoisotopic (exact) mass is 508 g/mol. The molecular weight excluding hydrogens is 472 g/mol. The maximum absolute atomic E-state index is 13.6. The van der Waals surface area contributed by atoms with Crippen LogP contribution in [0.2, 0.25) is 0 Å². The van der Waals surface area contributed by atoms with Gasteiger partial charge in [0.05, 0.1) is 12.2 Å². The Morgan fingerprint density at radius 2 is 1.62 bits per heavy atom. The van der Waals surface area contributed by atoms with Crippen molar-refractivity contribution >= 4 is 18.0 Å². The molecule has 0 spiro atoms. The number of carboxylic acid groups (broad SMARTS) is 1. The van der Waals surface area contributed by atoms with E-state index in [1.165, 1.54) is 4.90 Å². The summed E-state index contributed by atoms with van der Waals surface area (Å²) in [6.45, 7) is 9.22. The number of hydrogen-bond acceptors (Lipinski definition) is 5. The average molecular weight is 509 g/mol. The maximum Gasteiger partial charge on any atom is 0.407 e. The number of carbonyl (C=O) groups is 3. The molecule has 2 aromatic rings. The van der Waals surface area contributed by atoms with Crippen molar-refractivity contribution in [1.29, 1.82) is 0 Å². The maximum atomic E-state index is 13.6. The van der Waals surface area contributed by atoms with Gasteiger partial charge in [-0.1, -0.05) is 48.5 Å². The number of rotatable bonds is 7. The second-order valence-corrected chi connectivity index (χ2v) is 11.4. The zero-order valence-corrected chi connectivity index (χ0v) is 22.1. The van der Waals surface area contributed by atoms with Crippen LogP contribution >= 0.6 is 0 Å². The Labute approximate surface area is 217 Å². The summed E-state index contributed by atoms with van der Waals surface area (Å²) in [5, 5.41) is 12.4. The van der Waals surface area contributed by atoms with E-state index in [1.807, 2.05) is 71.0 Å². The van der Waals surface area contributed by atoms with Gasteiger partial charge in [0.15, 0.2) is 0 Å². The molecule has 4 rings (SSSR count). The lowest BCUT2D eigenvalue weighted by atomic mass is 9.98. The fourth-order valence-electron chi connectivity index (χ4n) is 5.31. The number of carboxylic acids is 1. The molecule has 8 heteroatoms. The zero-order valence-electron chi connectivity index (χ0n) is 22.1. The van der Waals surface area contributed by atoms with Gasteiger partial charge in [-0.05, 0) is 69.7 Å². The normalized spacial score (nSPS) is 19.2. The molecule has 1 fully saturated rings. The number of nitrogens with zero attached hydrogens (tertiary/aromatic N) is 1. The van der Waals surface area contributed by atoms with Crippen LogP contribution in [0.5, 0.6) is 0 Å². The van der Waals surface area contributed by atoms with E-state index in [2.05, 4.69) is 17.4 Å². The summed E-state index contributed by atoms with van der Waals surface area (Å²) < 4.78 is 11.5. The fourth-order valence-corrected chi connectivity index (χ4v) is 5.31. The Balaban J connectivity index is 1.50. The molecule has 2 aromatic carbocycles. The van der Waals surface area contributed by atoms with Gasteiger partial charge in [0.2, 0.25) is 5.91 Å². The number of hydrogen-bond donors (Lipinski definition) is 2. The van der Waals surface area contributed by atoms with Gasteiger partial charge in [-0.25, -0.2) is 9.59 Å². The number of alkyl carbamates (subject to hydrolysis) is 1. The molecule has 0 saturated carbocycles. The van der Waals surface area contributed by atoms with Crippen molar-refractivity contribution in [2.45, 2.75) is 76.6 Å². The van der Waals surface area contributed by atoms with Gasteiger partial charge >= 0.3 is 12.1 Å². The van der Waals surface area contributed by atoms with E-state index in [1.54, 1.807) is 0 Å². The zero-order chi connectivity index (χ0) is 27.0. The molecule has 1 saturated heterocycles. The molecule has 1 aliphatic heterocycles. The summed E-state index contributed by atoms with van der Waals surface area (Å²) in [6, 6.07) is 14.0. The summed E-state index contributed by atoms with van der Waals surface area (Å²) in [5.74, 6) is -1.67. The first kappa shape index (κ1) is 26.7. The Morgan fingerprint density at radius 1 is 1.05 bits per heavy atom. The highest BCUT2D eigenvalue weighted by Crippen LogP contribution is 2.44. The second kappa shape index (κ2) is 10.2. The standard InChI is InChI=1S/C29H36N2O6/c1-28(2,3)37-17-23(25(32)31-24(26(33)34)14-15-29(31,4)5)30-27(35)36-16-22-20-12-8-6-10-18(20)19-11-7-9-13-21(19)22/h6-13,22-24H,14-17H2,1-5H3,(H,30,35)(H,33,34)/t23-,24-/m0/s1. The first-order chi connectivity index (χ1) is 17.4. The fraction of sp³-hybridized carbons (Fsp3) is 0.483. The lowest BCUT2D eigenvalue weighted by Crippen LogP contribution is -2.58. The third-order valence-corrected chi connectivity index (χ3v) is 7.13. The summed E-state index contributed by atoms with van der Waals surface area (Å²) in [4.78, 5) is 39.9. The first-order valence-electron chi connectivity index (χ1n) is 12.7. The largest absolute Gasteiger partial charge is 0.480 e. The van der Waals surface area contributed by atoms with Crippen molar-refractivity contribution < 1.29 is 29.0 Å². The van der Waals surface area contributed by atoms with Crippen molar-refractivity contribution in [1.82, 2.24) is 10.2 Å². The molecule has 0 radical (unpaired) electrons. The van der Waals surface area contributed by atoms with Crippen molar-refractivity contribution in [2.75, 3.05) is 13.2 Å². The SMILES string of the molecule is CC(C)(C)OC[C@H](NC(=O)OCC1c2ccccc2-c2ccccc21)C(=O)N1[C@H](C(=O)O)CCC1(C)C. The molecule has 1 heterocycles. The number of carbonyl (C=O) groups excluding carboxylic acids is 2. The molecule has 2 N–H and O–H groups in total. The number of aliphatic carboxylic acids is 1. The number of fused-ring (bicyclic) bond motifs is 3. The molecule has 2 aliphatic rings. The van der Waals surface area contributed by atoms with Crippen molar-refractivity contribution in [3.63, 3.8) is 0 Å². The van der Waals surface area contributed by atoms with Crippen LogP contribution in [0, 0.1) is 0 Å². The predicted molar refractivity (Wildman–Crippen MR) is 139 cm³/mol. The average Bonchev–Trinajstić information content (AvgIpc) is 3.33. The first-order valence-corrected chi connectivity index (χ1v) is 12.7. The van der Waals surface area contributed by atoms with Crippen molar-refractivity contribution in [3.8, 4) is 11.1 Å². The van der Waals surface area contributed by atoms with Crippen LogP contribution < -0.4 is 5.32 Å². The molecule has 0 aromatic heterocycles. The number of likely N-dealkylation sites (tertiary alicyclic amines) is 1. The van der Waals surface area contributed by atoms with Gasteiger partial charge in [0.1, 0.15) is 18.7 Å². The number of amides is 2. The Hall–Kier alpha value is -3.39. The van der Waals surface area contributed by atoms with Gasteiger partial charge < -0.3 is 24.8 Å². The molecule has 0 bridgehead atoms. The minimum absolute atomic E-state index is 0.105. The van der Waals surface area contributed by atoms with Crippen LogP contribution in [0.3, 0.4) is 0 Å². The Kier molecular flexibility index (Phi) is 7.33. The smallest absolute Gasteiger partial charge is 0.407 e. The predicted octanol–water partition coefficient (Wildman–Crippen LogP) is 4.56. The van der Waals surface area contributed by atoms with E-state index < -0.39 is 41.2 Å². The molecule has 1 aliphatic carbocycles. The van der Waals surface area contributed by atoms with Crippen LogP contribution in [-0.2, 0) is 19.1 Å². The van der Waals surface area contributed by atoms with E-state index in [9.17, 15) is 19.5 Å². The number of ether oxygens (including phenoxy) is 2. The molecule has 198 valence electrons. The molecule has 8 nitrogen and oxygen atoms in total. The number of nitrogens with one attached hydrogen (secondary N) is 1. The highest BCUT2D eigenvalue weighted by atomic mass is 16.5. The van der Waals surface area contributed by atoms with Gasteiger partial charge in [-0.2, -0.15) is 0 Å². The van der Waals surface area contributed by atoms with E-state index in [0.29, 0.717) is 12.8 Å². The second-order valence-electron chi connectivity index (χ2n) is 11.4. The van der Waals surface area contributed by atoms with Crippen LogP contribution in [0.4, 0.5) is 4.79 Å². The van der Waals surface area contributed by atoms with E-state index in [4.69, 9.17) is 9.47 Å². The van der Waals surface area contributed by atoms with Crippen molar-refractivity contribution in [3.05, 3.63) is 59.7 Å². The topological polar surface area (TPSA) is 105 Å². The number of benzene rings is 2. The Bertz CT molecular complexity index is 1140. The highest BCUT2D eigenvalue weighted by molar-refractivity contribution is 5.90. The molecular formula is C29H36N2O6. The summed E-state index contributed by atoms with van der Waals surface area (Å²) >= 11 is 0. The van der Waals surface area contributed by atoms with E-state index in [0.717, 1.165) is 22.3 Å². The summed E-state index contributed by atoms with van der Waals surface area (Å²) in [6.07, 6.45) is 0.154. The Morgan fingerprint density at radius 3 is 2.16 bits per heavy atom. The van der Waals surface area contributed by atoms with Crippen LogP contribution in [0.1, 0.15) is 64.5 Å².